The van der Waals surface area contributed by atoms with Crippen molar-refractivity contribution in [3.63, 3.8) is 0 Å². The number of hydrogen-bond donors (Lipinski definition) is 2. The minimum atomic E-state index is -0.0538. The zero-order valence-corrected chi connectivity index (χ0v) is 16.5. The lowest BCUT2D eigenvalue weighted by atomic mass is 9.95. The van der Waals surface area contributed by atoms with Gasteiger partial charge in [0.05, 0.1) is 6.61 Å². The summed E-state index contributed by atoms with van der Waals surface area (Å²) in [5.74, 6) is 1.27. The molecule has 1 aliphatic carbocycles. The topological polar surface area (TPSA) is 59.6 Å². The Kier molecular flexibility index (Phi) is 8.75. The molecule has 146 valence electrons. The molecule has 0 saturated heterocycles. The summed E-state index contributed by atoms with van der Waals surface area (Å²) in [5, 5.41) is 6.55. The molecule has 0 aliphatic heterocycles. The molecule has 2 N–H and O–H groups in total. The Labute approximate surface area is 157 Å². The fraction of sp³-hybridized carbons (Fsp3) is 0.667. The van der Waals surface area contributed by atoms with Gasteiger partial charge in [-0.2, -0.15) is 0 Å². The van der Waals surface area contributed by atoms with Gasteiger partial charge in [0.15, 0.2) is 18.1 Å². The van der Waals surface area contributed by atoms with Crippen LogP contribution in [0.3, 0.4) is 0 Å². The number of carbonyl (C=O) groups is 1. The van der Waals surface area contributed by atoms with Crippen molar-refractivity contribution in [3.8, 4) is 11.5 Å². The van der Waals surface area contributed by atoms with E-state index in [9.17, 15) is 4.79 Å². The van der Waals surface area contributed by atoms with E-state index < -0.39 is 0 Å². The lowest BCUT2D eigenvalue weighted by molar-refractivity contribution is -0.124. The number of nitrogens with one attached hydrogen (secondary N) is 2. The third-order valence-electron chi connectivity index (χ3n) is 4.90. The summed E-state index contributed by atoms with van der Waals surface area (Å²) in [6.07, 6.45) is 6.93. The predicted octanol–water partition coefficient (Wildman–Crippen LogP) is 3.80. The first-order valence-corrected chi connectivity index (χ1v) is 10.0. The van der Waals surface area contributed by atoms with Crippen LogP contribution in [0, 0.1) is 0 Å². The van der Waals surface area contributed by atoms with Crippen LogP contribution in [0.15, 0.2) is 18.2 Å². The molecule has 1 fully saturated rings. The van der Waals surface area contributed by atoms with Crippen LogP contribution >= 0.6 is 0 Å². The van der Waals surface area contributed by atoms with E-state index in [0.717, 1.165) is 31.4 Å². The highest BCUT2D eigenvalue weighted by Crippen LogP contribution is 2.28. The Hall–Kier alpha value is -1.75. The summed E-state index contributed by atoms with van der Waals surface area (Å²) < 4.78 is 11.4. The molecule has 0 bridgehead atoms. The predicted molar refractivity (Wildman–Crippen MR) is 105 cm³/mol. The van der Waals surface area contributed by atoms with E-state index in [2.05, 4.69) is 24.5 Å². The maximum atomic E-state index is 12.1. The first-order chi connectivity index (χ1) is 12.6. The molecule has 0 heterocycles. The van der Waals surface area contributed by atoms with Crippen molar-refractivity contribution in [3.05, 3.63) is 23.8 Å². The number of rotatable bonds is 10. The second-order valence-corrected chi connectivity index (χ2v) is 7.10. The van der Waals surface area contributed by atoms with Gasteiger partial charge in [0.25, 0.3) is 5.91 Å². The summed E-state index contributed by atoms with van der Waals surface area (Å²) in [5.41, 5.74) is 1.15. The smallest absolute Gasteiger partial charge is 0.258 e. The van der Waals surface area contributed by atoms with Crippen molar-refractivity contribution in [1.82, 2.24) is 10.6 Å². The Bertz CT molecular complexity index is 556. The Morgan fingerprint density at radius 1 is 1.15 bits per heavy atom. The van der Waals surface area contributed by atoms with Crippen LogP contribution in [-0.4, -0.2) is 31.2 Å². The second-order valence-electron chi connectivity index (χ2n) is 7.10. The lowest BCUT2D eigenvalue weighted by Gasteiger charge is -2.23. The Balaban J connectivity index is 1.89. The van der Waals surface area contributed by atoms with E-state index in [4.69, 9.17) is 9.47 Å². The van der Waals surface area contributed by atoms with Gasteiger partial charge in [-0.1, -0.05) is 32.3 Å². The average molecular weight is 363 g/mol. The minimum absolute atomic E-state index is 0.0288. The number of carbonyl (C=O) groups excluding carboxylic acids is 1. The van der Waals surface area contributed by atoms with Crippen molar-refractivity contribution in [2.24, 2.45) is 0 Å². The van der Waals surface area contributed by atoms with Gasteiger partial charge >= 0.3 is 0 Å². The summed E-state index contributed by atoms with van der Waals surface area (Å²) in [4.78, 5) is 12.1. The molecule has 1 amide bonds. The molecule has 1 atom stereocenters. The minimum Gasteiger partial charge on any atom is -0.490 e. The van der Waals surface area contributed by atoms with Crippen molar-refractivity contribution < 1.29 is 14.3 Å². The molecule has 1 aromatic rings. The molecular formula is C21H34N2O3. The van der Waals surface area contributed by atoms with E-state index in [-0.39, 0.29) is 12.5 Å². The van der Waals surface area contributed by atoms with Gasteiger partial charge in [-0.25, -0.2) is 0 Å². The van der Waals surface area contributed by atoms with Gasteiger partial charge in [0.2, 0.25) is 0 Å². The molecular weight excluding hydrogens is 328 g/mol. The first kappa shape index (κ1) is 20.6. The van der Waals surface area contributed by atoms with Gasteiger partial charge in [0.1, 0.15) is 0 Å². The summed E-state index contributed by atoms with van der Waals surface area (Å²) in [6.45, 7) is 7.67. The maximum absolute atomic E-state index is 12.1. The lowest BCUT2D eigenvalue weighted by Crippen LogP contribution is -2.39. The van der Waals surface area contributed by atoms with Gasteiger partial charge in [0, 0.05) is 18.6 Å². The number of ether oxygens (including phenoxy) is 2. The van der Waals surface area contributed by atoms with Crippen LogP contribution in [0.1, 0.15) is 64.9 Å². The third-order valence-corrected chi connectivity index (χ3v) is 4.90. The molecule has 5 heteroatoms. The maximum Gasteiger partial charge on any atom is 0.258 e. The highest BCUT2D eigenvalue weighted by atomic mass is 16.5. The van der Waals surface area contributed by atoms with Crippen LogP contribution < -0.4 is 20.1 Å². The molecule has 1 aromatic carbocycles. The highest BCUT2D eigenvalue weighted by molar-refractivity contribution is 5.78. The zero-order valence-electron chi connectivity index (χ0n) is 16.5. The van der Waals surface area contributed by atoms with E-state index >= 15 is 0 Å². The monoisotopic (exact) mass is 362 g/mol. The molecule has 26 heavy (non-hydrogen) atoms. The Morgan fingerprint density at radius 3 is 2.62 bits per heavy atom. The molecule has 1 unspecified atom stereocenters. The molecule has 0 radical (unpaired) electrons. The van der Waals surface area contributed by atoms with E-state index in [0.29, 0.717) is 30.2 Å². The van der Waals surface area contributed by atoms with Crippen molar-refractivity contribution in [2.45, 2.75) is 77.9 Å². The van der Waals surface area contributed by atoms with E-state index in [1.807, 2.05) is 25.1 Å². The fourth-order valence-corrected chi connectivity index (χ4v) is 3.15. The third kappa shape index (κ3) is 6.87. The SMILES string of the molecule is CCOc1cc(CNC(C)CC)ccc1OCC(=O)NC1CCCCC1. The fourth-order valence-electron chi connectivity index (χ4n) is 3.15. The summed E-state index contributed by atoms with van der Waals surface area (Å²) in [7, 11) is 0. The largest absolute Gasteiger partial charge is 0.490 e. The highest BCUT2D eigenvalue weighted by Gasteiger charge is 2.16. The van der Waals surface area contributed by atoms with Crippen molar-refractivity contribution in [1.29, 1.82) is 0 Å². The van der Waals surface area contributed by atoms with E-state index in [1.54, 1.807) is 0 Å². The Morgan fingerprint density at radius 2 is 1.92 bits per heavy atom. The molecule has 0 aromatic heterocycles. The van der Waals surface area contributed by atoms with Gasteiger partial charge in [-0.3, -0.25) is 4.79 Å². The molecule has 0 spiro atoms. The second kappa shape index (κ2) is 11.1. The van der Waals surface area contributed by atoms with Crippen molar-refractivity contribution >= 4 is 5.91 Å². The molecule has 5 nitrogen and oxygen atoms in total. The quantitative estimate of drug-likeness (QED) is 0.665. The van der Waals surface area contributed by atoms with Gasteiger partial charge in [-0.05, 0) is 50.8 Å². The van der Waals surface area contributed by atoms with Crippen LogP contribution in [0.4, 0.5) is 0 Å². The number of amides is 1. The standard InChI is InChI=1S/C21H34N2O3/c1-4-16(3)22-14-17-11-12-19(20(13-17)25-5-2)26-15-21(24)23-18-9-7-6-8-10-18/h11-13,16,18,22H,4-10,14-15H2,1-3H3,(H,23,24). The molecule has 2 rings (SSSR count). The summed E-state index contributed by atoms with van der Waals surface area (Å²) >= 11 is 0. The van der Waals surface area contributed by atoms with Crippen LogP contribution in [0.25, 0.3) is 0 Å². The van der Waals surface area contributed by atoms with E-state index in [1.165, 1.54) is 19.3 Å². The normalized spacial score (nSPS) is 16.1. The van der Waals surface area contributed by atoms with Crippen LogP contribution in [0.2, 0.25) is 0 Å². The average Bonchev–Trinajstić information content (AvgIpc) is 2.66. The van der Waals surface area contributed by atoms with Gasteiger partial charge in [-0.15, -0.1) is 0 Å². The summed E-state index contributed by atoms with van der Waals surface area (Å²) in [6, 6.07) is 6.69. The van der Waals surface area contributed by atoms with Gasteiger partial charge < -0.3 is 20.1 Å². The molecule has 1 aliphatic rings. The number of benzene rings is 1. The number of hydrogen-bond acceptors (Lipinski definition) is 4. The first-order valence-electron chi connectivity index (χ1n) is 10.0. The molecule has 1 saturated carbocycles. The van der Waals surface area contributed by atoms with Crippen LogP contribution in [-0.2, 0) is 11.3 Å². The zero-order chi connectivity index (χ0) is 18.8. The van der Waals surface area contributed by atoms with Crippen molar-refractivity contribution in [2.75, 3.05) is 13.2 Å². The van der Waals surface area contributed by atoms with Crippen LogP contribution in [0.5, 0.6) is 11.5 Å².